The molecule has 1 aliphatic rings. The van der Waals surface area contributed by atoms with Crippen LogP contribution in [0.3, 0.4) is 0 Å². The van der Waals surface area contributed by atoms with Gasteiger partial charge in [-0.05, 0) is 30.5 Å². The molecule has 0 saturated heterocycles. The smallest absolute Gasteiger partial charge is 0.253 e. The van der Waals surface area contributed by atoms with Gasteiger partial charge in [0.15, 0.2) is 11.4 Å². The van der Waals surface area contributed by atoms with E-state index in [-0.39, 0.29) is 6.54 Å². The van der Waals surface area contributed by atoms with Crippen molar-refractivity contribution in [1.29, 1.82) is 5.26 Å². The fourth-order valence-corrected chi connectivity index (χ4v) is 3.99. The Labute approximate surface area is 188 Å². The number of anilines is 1. The van der Waals surface area contributed by atoms with Gasteiger partial charge in [0.2, 0.25) is 5.91 Å². The maximum atomic E-state index is 12.3. The Kier molecular flexibility index (Phi) is 5.71. The molecular weight excluding hydrogens is 426 g/mol. The van der Waals surface area contributed by atoms with Crippen molar-refractivity contribution in [3.63, 3.8) is 0 Å². The van der Waals surface area contributed by atoms with Crippen molar-refractivity contribution in [2.24, 2.45) is 0 Å². The summed E-state index contributed by atoms with van der Waals surface area (Å²) in [7, 11) is 0. The molecule has 1 saturated carbocycles. The first kappa shape index (κ1) is 21.2. The quantitative estimate of drug-likeness (QED) is 0.515. The second kappa shape index (κ2) is 8.61. The number of nitrogens with one attached hydrogen (secondary N) is 2. The lowest BCUT2D eigenvalue weighted by molar-refractivity contribution is -0.115. The van der Waals surface area contributed by atoms with Crippen molar-refractivity contribution in [3.8, 4) is 17.3 Å². The Morgan fingerprint density at radius 2 is 2.12 bits per heavy atom. The number of aromatic nitrogens is 2. The Hall–Kier alpha value is -4.03. The van der Waals surface area contributed by atoms with Crippen molar-refractivity contribution in [1.82, 2.24) is 14.9 Å². The van der Waals surface area contributed by atoms with Crippen LogP contribution in [-0.4, -0.2) is 34.2 Å². The first-order valence-electron chi connectivity index (χ1n) is 9.83. The molecule has 0 unspecified atom stereocenters. The predicted molar refractivity (Wildman–Crippen MR) is 121 cm³/mol. The lowest BCUT2D eigenvalue weighted by atomic mass is 10.0. The number of aldehydes is 1. The van der Waals surface area contributed by atoms with Crippen molar-refractivity contribution in [2.45, 2.75) is 18.4 Å². The normalized spacial score (nSPS) is 13.6. The minimum absolute atomic E-state index is 0.217. The number of nitrogens with zero attached hydrogens (tertiary/aromatic N) is 3. The number of carbonyl (C=O) groups excluding carboxylic acids is 3. The third kappa shape index (κ3) is 4.22. The molecule has 1 fully saturated rings. The third-order valence-corrected chi connectivity index (χ3v) is 6.03. The Morgan fingerprint density at radius 1 is 1.31 bits per heavy atom. The van der Waals surface area contributed by atoms with Gasteiger partial charge in [-0.2, -0.15) is 5.26 Å². The van der Waals surface area contributed by atoms with Gasteiger partial charge in [0.1, 0.15) is 5.54 Å². The molecule has 9 heteroatoms. The number of rotatable bonds is 8. The first-order valence-corrected chi connectivity index (χ1v) is 10.7. The predicted octanol–water partition coefficient (Wildman–Crippen LogP) is 3.45. The van der Waals surface area contributed by atoms with E-state index in [2.05, 4.69) is 28.3 Å². The van der Waals surface area contributed by atoms with E-state index in [0.717, 1.165) is 30.3 Å². The summed E-state index contributed by atoms with van der Waals surface area (Å²) in [6, 6.07) is 9.22. The van der Waals surface area contributed by atoms with E-state index in [1.54, 1.807) is 46.6 Å². The largest absolute Gasteiger partial charge is 0.343 e. The number of nitriles is 1. The SMILES string of the molecule is C=Cc1ccc(-c2csc(NC(=O)CNC(=O)c3ccn(C4(C#N)CC4)c3)n2)cc1C=O. The van der Waals surface area contributed by atoms with E-state index in [4.69, 9.17) is 0 Å². The van der Waals surface area contributed by atoms with Gasteiger partial charge in [-0.3, -0.25) is 14.4 Å². The molecular formula is C23H19N5O3S. The molecule has 3 aromatic rings. The summed E-state index contributed by atoms with van der Waals surface area (Å²) in [5.41, 5.74) is 2.48. The minimum Gasteiger partial charge on any atom is -0.343 e. The van der Waals surface area contributed by atoms with Gasteiger partial charge in [-0.25, -0.2) is 4.98 Å². The van der Waals surface area contributed by atoms with Gasteiger partial charge >= 0.3 is 0 Å². The van der Waals surface area contributed by atoms with Gasteiger partial charge in [-0.15, -0.1) is 11.3 Å². The van der Waals surface area contributed by atoms with E-state index in [1.807, 2.05) is 6.07 Å². The van der Waals surface area contributed by atoms with Crippen LogP contribution in [0.1, 0.15) is 39.1 Å². The minimum atomic E-state index is -0.531. The standard InChI is InChI=1S/C23H19N5O3S/c1-2-15-3-4-16(9-18(15)12-29)19-13-32-22(26-19)27-20(30)10-25-21(31)17-5-8-28(11-17)23(14-24)6-7-23/h2-5,8-9,11-13H,1,6-7,10H2,(H,25,31)(H,26,27,30). The van der Waals surface area contributed by atoms with Crippen LogP contribution in [0, 0.1) is 11.3 Å². The Balaban J connectivity index is 1.34. The summed E-state index contributed by atoms with van der Waals surface area (Å²) in [6.07, 6.45) is 7.24. The molecule has 2 N–H and O–H groups in total. The molecule has 0 atom stereocenters. The third-order valence-electron chi connectivity index (χ3n) is 5.27. The highest BCUT2D eigenvalue weighted by molar-refractivity contribution is 7.14. The Bertz CT molecular complexity index is 1260. The zero-order valence-electron chi connectivity index (χ0n) is 17.0. The average Bonchev–Trinajstić information content (AvgIpc) is 3.21. The lowest BCUT2D eigenvalue weighted by Crippen LogP contribution is -2.32. The fraction of sp³-hybridized carbons (Fsp3) is 0.174. The highest BCUT2D eigenvalue weighted by Gasteiger charge is 2.44. The Morgan fingerprint density at radius 3 is 2.81 bits per heavy atom. The van der Waals surface area contributed by atoms with Crippen molar-refractivity contribution >= 4 is 40.6 Å². The van der Waals surface area contributed by atoms with Gasteiger partial charge in [0.05, 0.1) is 23.9 Å². The van der Waals surface area contributed by atoms with Crippen LogP contribution in [0.2, 0.25) is 0 Å². The van der Waals surface area contributed by atoms with Crippen molar-refractivity contribution < 1.29 is 14.4 Å². The molecule has 8 nitrogen and oxygen atoms in total. The summed E-state index contributed by atoms with van der Waals surface area (Å²) in [5.74, 6) is -0.805. The molecule has 2 heterocycles. The van der Waals surface area contributed by atoms with Gasteiger partial charge < -0.3 is 15.2 Å². The molecule has 4 rings (SSSR count). The van der Waals surface area contributed by atoms with Gasteiger partial charge in [-0.1, -0.05) is 24.8 Å². The van der Waals surface area contributed by atoms with E-state index < -0.39 is 17.4 Å². The second-order valence-electron chi connectivity index (χ2n) is 7.39. The molecule has 2 aromatic heterocycles. The number of amides is 2. The van der Waals surface area contributed by atoms with Crippen LogP contribution in [0.15, 0.2) is 48.6 Å². The molecule has 160 valence electrons. The average molecular weight is 446 g/mol. The zero-order chi connectivity index (χ0) is 22.7. The van der Waals surface area contributed by atoms with Crippen LogP contribution >= 0.6 is 11.3 Å². The molecule has 0 aliphatic heterocycles. The molecule has 0 radical (unpaired) electrons. The topological polar surface area (TPSA) is 117 Å². The van der Waals surface area contributed by atoms with Crippen LogP contribution in [0.25, 0.3) is 17.3 Å². The fourth-order valence-electron chi connectivity index (χ4n) is 3.26. The maximum Gasteiger partial charge on any atom is 0.253 e. The summed E-state index contributed by atoms with van der Waals surface area (Å²) in [5, 5.41) is 16.6. The summed E-state index contributed by atoms with van der Waals surface area (Å²) < 4.78 is 1.75. The van der Waals surface area contributed by atoms with Crippen molar-refractivity contribution in [2.75, 3.05) is 11.9 Å². The molecule has 1 aliphatic carbocycles. The molecule has 1 aromatic carbocycles. The number of thiazole rings is 1. The van der Waals surface area contributed by atoms with E-state index >= 15 is 0 Å². The lowest BCUT2D eigenvalue weighted by Gasteiger charge is -2.07. The van der Waals surface area contributed by atoms with Gasteiger partial charge in [0.25, 0.3) is 5.91 Å². The molecule has 2 amide bonds. The van der Waals surface area contributed by atoms with Crippen LogP contribution in [0.4, 0.5) is 5.13 Å². The van der Waals surface area contributed by atoms with Crippen LogP contribution in [-0.2, 0) is 10.3 Å². The van der Waals surface area contributed by atoms with E-state index in [0.29, 0.717) is 22.0 Å². The van der Waals surface area contributed by atoms with Crippen LogP contribution < -0.4 is 10.6 Å². The van der Waals surface area contributed by atoms with E-state index in [9.17, 15) is 19.6 Å². The van der Waals surface area contributed by atoms with E-state index in [1.165, 1.54) is 11.3 Å². The number of hydrogen-bond acceptors (Lipinski definition) is 6. The molecule has 0 spiro atoms. The second-order valence-corrected chi connectivity index (χ2v) is 8.24. The zero-order valence-corrected chi connectivity index (χ0v) is 17.8. The summed E-state index contributed by atoms with van der Waals surface area (Å²) in [6.45, 7) is 3.47. The van der Waals surface area contributed by atoms with Crippen LogP contribution in [0.5, 0.6) is 0 Å². The van der Waals surface area contributed by atoms with Gasteiger partial charge in [0, 0.05) is 28.9 Å². The number of carbonyl (C=O) groups is 3. The highest BCUT2D eigenvalue weighted by Crippen LogP contribution is 2.42. The van der Waals surface area contributed by atoms with Crippen molar-refractivity contribution in [3.05, 3.63) is 65.3 Å². The molecule has 0 bridgehead atoms. The number of benzene rings is 1. The first-order chi connectivity index (χ1) is 15.5. The number of hydrogen-bond donors (Lipinski definition) is 2. The summed E-state index contributed by atoms with van der Waals surface area (Å²) >= 11 is 1.24. The highest BCUT2D eigenvalue weighted by atomic mass is 32.1. The molecule has 32 heavy (non-hydrogen) atoms. The summed E-state index contributed by atoms with van der Waals surface area (Å²) in [4.78, 5) is 40.2. The maximum absolute atomic E-state index is 12.3. The monoisotopic (exact) mass is 445 g/mol.